The molecule has 5 fully saturated rings. The lowest BCUT2D eigenvalue weighted by atomic mass is 9.13. The van der Waals surface area contributed by atoms with Crippen LogP contribution >= 0.6 is 0 Å². The minimum Gasteiger partial charge on any atom is -0.408 e. The second-order valence-corrected chi connectivity index (χ2v) is 6.55. The van der Waals surface area contributed by atoms with Crippen LogP contribution in [-0.4, -0.2) is 18.8 Å². The van der Waals surface area contributed by atoms with Gasteiger partial charge in [-0.05, 0) is 49.3 Å². The maximum absolute atomic E-state index is 6.20. The average molecular weight is 204 g/mol. The Balaban J connectivity index is 1.58. The van der Waals surface area contributed by atoms with Crippen molar-refractivity contribution in [3.05, 3.63) is 0 Å². The summed E-state index contributed by atoms with van der Waals surface area (Å²) in [6.07, 6.45) is 4.49. The quantitative estimate of drug-likeness (QED) is 0.608. The van der Waals surface area contributed by atoms with Crippen LogP contribution in [0.25, 0.3) is 0 Å². The highest BCUT2D eigenvalue weighted by Crippen LogP contribution is 2.92. The van der Waals surface area contributed by atoms with E-state index in [9.17, 15) is 0 Å². The van der Waals surface area contributed by atoms with Crippen molar-refractivity contribution in [3.63, 3.8) is 0 Å². The van der Waals surface area contributed by atoms with Gasteiger partial charge in [0.05, 0.1) is 11.7 Å². The molecular weight excluding hydrogens is 187 g/mol. The van der Waals surface area contributed by atoms with Gasteiger partial charge in [0, 0.05) is 5.92 Å². The van der Waals surface area contributed by atoms with Gasteiger partial charge in [-0.15, -0.1) is 0 Å². The molecule has 1 spiro atoms. The molecule has 6 unspecified atom stereocenters. The maximum atomic E-state index is 6.20. The van der Waals surface area contributed by atoms with E-state index in [4.69, 9.17) is 9.31 Å². The second kappa shape index (κ2) is 1.93. The molecule has 0 aromatic carbocycles. The minimum atomic E-state index is 0.0919. The van der Waals surface area contributed by atoms with E-state index in [0.717, 1.165) is 35.4 Å². The first-order valence-corrected chi connectivity index (χ1v) is 6.56. The molecular formula is C12H17BO2. The molecule has 15 heavy (non-hydrogen) atoms. The summed E-state index contributed by atoms with van der Waals surface area (Å²) >= 11 is 0. The number of hydrogen-bond acceptors (Lipinski definition) is 2. The Labute approximate surface area is 90.8 Å². The summed E-state index contributed by atoms with van der Waals surface area (Å²) in [5, 5.41) is 0. The Hall–Kier alpha value is -0.0151. The van der Waals surface area contributed by atoms with E-state index in [-0.39, 0.29) is 12.7 Å². The van der Waals surface area contributed by atoms with E-state index in [1.165, 1.54) is 12.8 Å². The van der Waals surface area contributed by atoms with Crippen molar-refractivity contribution in [2.75, 3.05) is 0 Å². The number of rotatable bonds is 1. The van der Waals surface area contributed by atoms with Gasteiger partial charge in [-0.3, -0.25) is 0 Å². The van der Waals surface area contributed by atoms with Crippen molar-refractivity contribution < 1.29 is 9.31 Å². The number of hydrogen-bond donors (Lipinski definition) is 0. The van der Waals surface area contributed by atoms with E-state index < -0.39 is 0 Å². The van der Waals surface area contributed by atoms with Gasteiger partial charge in [-0.1, -0.05) is 6.92 Å². The van der Waals surface area contributed by atoms with E-state index in [2.05, 4.69) is 13.8 Å². The van der Waals surface area contributed by atoms with Crippen LogP contribution in [0.1, 0.15) is 26.7 Å². The number of fused-ring (bicyclic) bond motifs is 2. The Kier molecular flexibility index (Phi) is 1.04. The molecule has 4 saturated carbocycles. The molecule has 1 saturated heterocycles. The standard InChI is InChI=1S/C12H17BO2/c1-3-13-14-9-7-4-6-5-8-11(2,15-13)10(9)12(6,7)8/h6-10H,3-5H2,1-2H3/t6?,7?,8?,9?,10?,11-,12?/m0/s1. The van der Waals surface area contributed by atoms with Crippen molar-refractivity contribution in [2.24, 2.45) is 29.1 Å². The average Bonchev–Trinajstić information content (AvgIpc) is 2.15. The molecule has 0 amide bonds. The summed E-state index contributed by atoms with van der Waals surface area (Å²) in [6.45, 7) is 4.53. The second-order valence-electron chi connectivity index (χ2n) is 6.55. The lowest BCUT2D eigenvalue weighted by molar-refractivity contribution is -0.497. The van der Waals surface area contributed by atoms with Crippen molar-refractivity contribution in [3.8, 4) is 0 Å². The predicted octanol–water partition coefficient (Wildman–Crippen LogP) is 1.95. The zero-order valence-electron chi connectivity index (χ0n) is 9.40. The smallest absolute Gasteiger partial charge is 0.408 e. The maximum Gasteiger partial charge on any atom is 0.457 e. The van der Waals surface area contributed by atoms with Gasteiger partial charge in [0.15, 0.2) is 0 Å². The fourth-order valence-corrected chi connectivity index (χ4v) is 6.21. The van der Waals surface area contributed by atoms with Gasteiger partial charge < -0.3 is 9.31 Å². The van der Waals surface area contributed by atoms with E-state index in [0.29, 0.717) is 6.10 Å². The molecule has 1 heterocycles. The topological polar surface area (TPSA) is 18.5 Å². The third-order valence-corrected chi connectivity index (χ3v) is 6.61. The third kappa shape index (κ3) is 0.506. The first kappa shape index (κ1) is 8.13. The fourth-order valence-electron chi connectivity index (χ4n) is 6.21. The molecule has 80 valence electrons. The van der Waals surface area contributed by atoms with Crippen molar-refractivity contribution in [1.29, 1.82) is 0 Å². The third-order valence-electron chi connectivity index (χ3n) is 6.61. The van der Waals surface area contributed by atoms with Crippen LogP contribution in [0.5, 0.6) is 0 Å². The van der Waals surface area contributed by atoms with Crippen LogP contribution in [0.4, 0.5) is 0 Å². The van der Waals surface area contributed by atoms with Crippen LogP contribution in [0, 0.1) is 29.1 Å². The molecule has 2 nitrogen and oxygen atoms in total. The van der Waals surface area contributed by atoms with Crippen LogP contribution in [0.3, 0.4) is 0 Å². The van der Waals surface area contributed by atoms with Gasteiger partial charge in [-0.25, -0.2) is 0 Å². The van der Waals surface area contributed by atoms with Crippen LogP contribution < -0.4 is 0 Å². The molecule has 5 aliphatic rings. The van der Waals surface area contributed by atoms with Gasteiger partial charge >= 0.3 is 7.12 Å². The predicted molar refractivity (Wildman–Crippen MR) is 56.2 cm³/mol. The van der Waals surface area contributed by atoms with Gasteiger partial charge in [-0.2, -0.15) is 0 Å². The molecule has 0 aromatic rings. The summed E-state index contributed by atoms with van der Waals surface area (Å²) in [5.74, 6) is 3.66. The summed E-state index contributed by atoms with van der Waals surface area (Å²) in [4.78, 5) is 0. The Morgan fingerprint density at radius 2 is 2.27 bits per heavy atom. The summed E-state index contributed by atoms with van der Waals surface area (Å²) in [5.41, 5.74) is 0.954. The highest BCUT2D eigenvalue weighted by atomic mass is 16.6. The van der Waals surface area contributed by atoms with E-state index >= 15 is 0 Å². The first-order valence-electron chi connectivity index (χ1n) is 6.56. The normalized spacial score (nSPS) is 71.6. The molecule has 3 heteroatoms. The van der Waals surface area contributed by atoms with E-state index in [1.54, 1.807) is 0 Å². The summed E-state index contributed by atoms with van der Waals surface area (Å²) in [6, 6.07) is 0. The molecule has 5 rings (SSSR count). The Bertz CT molecular complexity index is 373. The highest BCUT2D eigenvalue weighted by molar-refractivity contribution is 6.44. The molecule has 0 radical (unpaired) electrons. The summed E-state index contributed by atoms with van der Waals surface area (Å²) < 4.78 is 12.3. The van der Waals surface area contributed by atoms with E-state index in [1.807, 2.05) is 0 Å². The molecule has 4 aliphatic carbocycles. The fraction of sp³-hybridized carbons (Fsp3) is 1.00. The van der Waals surface area contributed by atoms with Crippen LogP contribution in [-0.2, 0) is 9.31 Å². The lowest BCUT2D eigenvalue weighted by Crippen LogP contribution is -2.97. The monoisotopic (exact) mass is 204 g/mol. The Morgan fingerprint density at radius 3 is 3.00 bits per heavy atom. The Morgan fingerprint density at radius 1 is 1.40 bits per heavy atom. The van der Waals surface area contributed by atoms with Crippen LogP contribution in [0.2, 0.25) is 6.32 Å². The van der Waals surface area contributed by atoms with Crippen molar-refractivity contribution in [1.82, 2.24) is 0 Å². The van der Waals surface area contributed by atoms with Gasteiger partial charge in [0.1, 0.15) is 0 Å². The first-order chi connectivity index (χ1) is 7.23. The largest absolute Gasteiger partial charge is 0.457 e. The highest BCUT2D eigenvalue weighted by Gasteiger charge is 2.93. The molecule has 1 aliphatic heterocycles. The van der Waals surface area contributed by atoms with Crippen molar-refractivity contribution >= 4 is 7.12 Å². The molecule has 7 atom stereocenters. The van der Waals surface area contributed by atoms with Crippen molar-refractivity contribution in [2.45, 2.75) is 44.7 Å². The zero-order chi connectivity index (χ0) is 10.00. The SMILES string of the molecule is CCB1OC2C3CC4CC5C43C2[C@@]5(C)O1. The summed E-state index contributed by atoms with van der Waals surface area (Å²) in [7, 11) is 0.0919. The zero-order valence-corrected chi connectivity index (χ0v) is 9.40. The molecule has 0 bridgehead atoms. The van der Waals surface area contributed by atoms with Gasteiger partial charge in [0.25, 0.3) is 0 Å². The van der Waals surface area contributed by atoms with Gasteiger partial charge in [0.2, 0.25) is 0 Å². The molecule has 0 N–H and O–H groups in total. The lowest BCUT2D eigenvalue weighted by Gasteiger charge is -2.94. The van der Waals surface area contributed by atoms with Crippen LogP contribution in [0.15, 0.2) is 0 Å². The molecule has 0 aromatic heterocycles. The minimum absolute atomic E-state index is 0.0919.